The Balaban J connectivity index is 1.52. The third-order valence-electron chi connectivity index (χ3n) is 5.73. The summed E-state index contributed by atoms with van der Waals surface area (Å²) in [6.07, 6.45) is 13.5. The predicted octanol–water partition coefficient (Wildman–Crippen LogP) is 6.75. The highest BCUT2D eigenvalue weighted by molar-refractivity contribution is 9.09. The number of unbranched alkanes of at least 4 members (excludes halogenated alkanes) is 9. The Morgan fingerprint density at radius 1 is 0.929 bits per heavy atom. The van der Waals surface area contributed by atoms with Gasteiger partial charge in [-0.15, -0.1) is 0 Å². The lowest BCUT2D eigenvalue weighted by Crippen LogP contribution is -2.38. The van der Waals surface area contributed by atoms with Crippen LogP contribution in [-0.4, -0.2) is 43.1 Å². The maximum Gasteiger partial charge on any atom is 0.119 e. The van der Waals surface area contributed by atoms with Gasteiger partial charge in [-0.3, -0.25) is 4.90 Å². The van der Waals surface area contributed by atoms with Crippen LogP contribution in [0, 0.1) is 0 Å². The van der Waals surface area contributed by atoms with Gasteiger partial charge in [0.15, 0.2) is 0 Å². The van der Waals surface area contributed by atoms with Gasteiger partial charge in [-0.1, -0.05) is 79.4 Å². The molecule has 1 saturated heterocycles. The van der Waals surface area contributed by atoms with Gasteiger partial charge in [-0.2, -0.15) is 0 Å². The van der Waals surface area contributed by atoms with Crippen molar-refractivity contribution in [3.8, 4) is 5.75 Å². The highest BCUT2D eigenvalue weighted by Gasteiger charge is 2.18. The zero-order chi connectivity index (χ0) is 19.9. The monoisotopic (exact) mass is 453 g/mol. The number of nitrogens with zero attached hydrogens (tertiary/aromatic N) is 1. The van der Waals surface area contributed by atoms with Gasteiger partial charge in [0, 0.05) is 24.5 Å². The minimum atomic E-state index is 0.423. The van der Waals surface area contributed by atoms with Crippen molar-refractivity contribution < 1.29 is 9.47 Å². The molecule has 1 atom stereocenters. The smallest absolute Gasteiger partial charge is 0.119 e. The van der Waals surface area contributed by atoms with Gasteiger partial charge in [-0.25, -0.2) is 0 Å². The quantitative estimate of drug-likeness (QED) is 0.216. The van der Waals surface area contributed by atoms with E-state index in [2.05, 4.69) is 52.0 Å². The number of hydrogen-bond acceptors (Lipinski definition) is 3. The Morgan fingerprint density at radius 3 is 2.18 bits per heavy atom. The van der Waals surface area contributed by atoms with E-state index < -0.39 is 0 Å². The highest BCUT2D eigenvalue weighted by Crippen LogP contribution is 2.25. The minimum absolute atomic E-state index is 0.423. The van der Waals surface area contributed by atoms with E-state index in [1.165, 1.54) is 63.4 Å². The summed E-state index contributed by atoms with van der Waals surface area (Å²) in [5.74, 6) is 1.01. The first-order valence-corrected chi connectivity index (χ1v) is 12.5. The molecule has 1 aromatic carbocycles. The molecule has 1 unspecified atom stereocenters. The molecule has 1 heterocycles. The average Bonchev–Trinajstić information content (AvgIpc) is 2.75. The number of hydrogen-bond donors (Lipinski definition) is 0. The summed E-state index contributed by atoms with van der Waals surface area (Å²) in [6.45, 7) is 6.84. The van der Waals surface area contributed by atoms with Crippen molar-refractivity contribution in [2.45, 2.75) is 77.2 Å². The SMILES string of the molecule is CC(c1cccc(OCCCCCCCCCCCCBr)c1)N1CCOCC1. The molecule has 0 aromatic heterocycles. The van der Waals surface area contributed by atoms with Crippen LogP contribution in [0.5, 0.6) is 5.75 Å². The predicted molar refractivity (Wildman–Crippen MR) is 123 cm³/mol. The first-order valence-electron chi connectivity index (χ1n) is 11.4. The molecule has 1 aliphatic heterocycles. The summed E-state index contributed by atoms with van der Waals surface area (Å²) >= 11 is 3.50. The Hall–Kier alpha value is -0.580. The second kappa shape index (κ2) is 15.3. The fourth-order valence-electron chi connectivity index (χ4n) is 3.84. The van der Waals surface area contributed by atoms with Crippen LogP contribution in [-0.2, 0) is 4.74 Å². The first kappa shape index (κ1) is 23.7. The maximum atomic E-state index is 6.02. The maximum absolute atomic E-state index is 6.02. The van der Waals surface area contributed by atoms with Gasteiger partial charge in [0.1, 0.15) is 5.75 Å². The molecule has 4 heteroatoms. The van der Waals surface area contributed by atoms with Gasteiger partial charge in [-0.05, 0) is 37.5 Å². The summed E-state index contributed by atoms with van der Waals surface area (Å²) in [6, 6.07) is 9.07. The van der Waals surface area contributed by atoms with Crippen LogP contribution in [0.1, 0.15) is 82.7 Å². The fourth-order valence-corrected chi connectivity index (χ4v) is 4.24. The molecule has 0 aliphatic carbocycles. The molecular formula is C24H40BrNO2. The summed E-state index contributed by atoms with van der Waals surface area (Å²) in [5, 5.41) is 1.16. The molecule has 1 fully saturated rings. The van der Waals surface area contributed by atoms with Crippen molar-refractivity contribution in [3.05, 3.63) is 29.8 Å². The van der Waals surface area contributed by atoms with Crippen LogP contribution in [0.2, 0.25) is 0 Å². The van der Waals surface area contributed by atoms with Crippen LogP contribution >= 0.6 is 15.9 Å². The summed E-state index contributed by atoms with van der Waals surface area (Å²) in [4.78, 5) is 2.49. The highest BCUT2D eigenvalue weighted by atomic mass is 79.9. The van der Waals surface area contributed by atoms with Crippen LogP contribution in [0.25, 0.3) is 0 Å². The molecule has 0 amide bonds. The molecule has 1 aliphatic rings. The van der Waals surface area contributed by atoms with Crippen molar-refractivity contribution in [2.75, 3.05) is 38.2 Å². The van der Waals surface area contributed by atoms with Crippen LogP contribution < -0.4 is 4.74 Å². The van der Waals surface area contributed by atoms with E-state index in [9.17, 15) is 0 Å². The number of morpholine rings is 1. The van der Waals surface area contributed by atoms with E-state index in [0.29, 0.717) is 6.04 Å². The van der Waals surface area contributed by atoms with Crippen LogP contribution in [0.15, 0.2) is 24.3 Å². The molecule has 3 nitrogen and oxygen atoms in total. The molecule has 0 N–H and O–H groups in total. The number of alkyl halides is 1. The molecule has 2 rings (SSSR count). The summed E-state index contributed by atoms with van der Waals surface area (Å²) in [7, 11) is 0. The Kier molecular flexibility index (Phi) is 12.9. The molecule has 0 spiro atoms. The molecule has 0 radical (unpaired) electrons. The van der Waals surface area contributed by atoms with Gasteiger partial charge in [0.05, 0.1) is 19.8 Å². The van der Waals surface area contributed by atoms with Gasteiger partial charge in [0.25, 0.3) is 0 Å². The second-order valence-corrected chi connectivity index (χ2v) is 8.76. The zero-order valence-electron chi connectivity index (χ0n) is 17.8. The zero-order valence-corrected chi connectivity index (χ0v) is 19.4. The fraction of sp³-hybridized carbons (Fsp3) is 0.750. The van der Waals surface area contributed by atoms with Crippen LogP contribution in [0.4, 0.5) is 0 Å². The third-order valence-corrected chi connectivity index (χ3v) is 6.29. The number of ether oxygens (including phenoxy) is 2. The average molecular weight is 454 g/mol. The molecule has 28 heavy (non-hydrogen) atoms. The van der Waals surface area contributed by atoms with Crippen molar-refractivity contribution in [2.24, 2.45) is 0 Å². The Morgan fingerprint density at radius 2 is 1.54 bits per heavy atom. The summed E-state index contributed by atoms with van der Waals surface area (Å²) in [5.41, 5.74) is 1.34. The largest absolute Gasteiger partial charge is 0.494 e. The first-order chi connectivity index (χ1) is 13.8. The van der Waals surface area contributed by atoms with Crippen molar-refractivity contribution in [3.63, 3.8) is 0 Å². The lowest BCUT2D eigenvalue weighted by Gasteiger charge is -2.32. The molecule has 0 saturated carbocycles. The van der Waals surface area contributed by atoms with Gasteiger partial charge >= 0.3 is 0 Å². The molecule has 0 bridgehead atoms. The van der Waals surface area contributed by atoms with Crippen LogP contribution in [0.3, 0.4) is 0 Å². The lowest BCUT2D eigenvalue weighted by molar-refractivity contribution is 0.0198. The van der Waals surface area contributed by atoms with E-state index in [4.69, 9.17) is 9.47 Å². The molecular weight excluding hydrogens is 414 g/mol. The Labute approximate surface area is 181 Å². The third kappa shape index (κ3) is 9.76. The van der Waals surface area contributed by atoms with E-state index in [0.717, 1.165) is 50.4 Å². The Bertz CT molecular complexity index is 505. The van der Waals surface area contributed by atoms with E-state index >= 15 is 0 Å². The van der Waals surface area contributed by atoms with Crippen molar-refractivity contribution >= 4 is 15.9 Å². The van der Waals surface area contributed by atoms with Gasteiger partial charge < -0.3 is 9.47 Å². The van der Waals surface area contributed by atoms with Crippen molar-refractivity contribution in [1.82, 2.24) is 4.90 Å². The molecule has 160 valence electrons. The van der Waals surface area contributed by atoms with E-state index in [-0.39, 0.29) is 0 Å². The van der Waals surface area contributed by atoms with Gasteiger partial charge in [0.2, 0.25) is 0 Å². The number of halogens is 1. The normalized spacial score (nSPS) is 16.2. The minimum Gasteiger partial charge on any atom is -0.494 e. The topological polar surface area (TPSA) is 21.7 Å². The summed E-state index contributed by atoms with van der Waals surface area (Å²) < 4.78 is 11.5. The van der Waals surface area contributed by atoms with E-state index in [1.54, 1.807) is 0 Å². The standard InChI is InChI=1S/C24H40BrNO2/c1-22(26-16-19-27-20-17-26)23-13-12-14-24(21-23)28-18-11-9-7-5-3-2-4-6-8-10-15-25/h12-14,21-22H,2-11,15-20H2,1H3. The lowest BCUT2D eigenvalue weighted by atomic mass is 10.1. The van der Waals surface area contributed by atoms with E-state index in [1.807, 2.05) is 0 Å². The number of rotatable bonds is 15. The van der Waals surface area contributed by atoms with Crippen molar-refractivity contribution in [1.29, 1.82) is 0 Å². The second-order valence-electron chi connectivity index (χ2n) is 7.97. The number of benzene rings is 1. The molecule has 1 aromatic rings.